The Morgan fingerprint density at radius 1 is 1.09 bits per heavy atom. The summed E-state index contributed by atoms with van der Waals surface area (Å²) < 4.78 is 33.1. The fraction of sp³-hybridized carbons (Fsp3) is 0.364. The molecule has 0 spiro atoms. The Morgan fingerprint density at radius 3 is 2.53 bits per heavy atom. The van der Waals surface area contributed by atoms with Crippen LogP contribution in [0.25, 0.3) is 0 Å². The molecule has 2 aliphatic heterocycles. The lowest BCUT2D eigenvalue weighted by Crippen LogP contribution is -2.51. The molecule has 170 valence electrons. The summed E-state index contributed by atoms with van der Waals surface area (Å²) >= 11 is 0. The molecular formula is C22H26N4O5S. The first-order valence-corrected chi connectivity index (χ1v) is 11.8. The van der Waals surface area contributed by atoms with Crippen LogP contribution < -0.4 is 15.4 Å². The van der Waals surface area contributed by atoms with Crippen molar-refractivity contribution in [2.75, 3.05) is 36.8 Å². The molecule has 1 saturated heterocycles. The van der Waals surface area contributed by atoms with Gasteiger partial charge in [0.2, 0.25) is 10.0 Å². The van der Waals surface area contributed by atoms with Gasteiger partial charge in [0.25, 0.3) is 5.91 Å². The molecule has 2 aliphatic rings. The van der Waals surface area contributed by atoms with E-state index in [0.717, 1.165) is 16.8 Å². The number of nitrogens with zero attached hydrogens (tertiary/aromatic N) is 2. The summed E-state index contributed by atoms with van der Waals surface area (Å²) in [6.07, 6.45) is -0.632. The fourth-order valence-corrected chi connectivity index (χ4v) is 5.14. The number of piperazine rings is 1. The number of aryl methyl sites for hydroxylation is 2. The van der Waals surface area contributed by atoms with Crippen molar-refractivity contribution in [2.45, 2.75) is 31.8 Å². The number of benzene rings is 2. The second-order valence-corrected chi connectivity index (χ2v) is 9.98. The van der Waals surface area contributed by atoms with E-state index in [2.05, 4.69) is 10.6 Å². The Bertz CT molecular complexity index is 1170. The Morgan fingerprint density at radius 2 is 1.81 bits per heavy atom. The van der Waals surface area contributed by atoms with Crippen LogP contribution in [0.15, 0.2) is 41.3 Å². The summed E-state index contributed by atoms with van der Waals surface area (Å²) in [4.78, 5) is 26.2. The van der Waals surface area contributed by atoms with E-state index < -0.39 is 16.1 Å². The Hall–Kier alpha value is -3.11. The number of nitrogens with one attached hydrogen (secondary N) is 2. The average molecular weight is 459 g/mol. The number of carbonyl (C=O) groups excluding carboxylic acids is 2. The largest absolute Gasteiger partial charge is 0.479 e. The highest BCUT2D eigenvalue weighted by Gasteiger charge is 2.32. The fourth-order valence-electron chi connectivity index (χ4n) is 3.69. The highest BCUT2D eigenvalue weighted by molar-refractivity contribution is 7.89. The quantitative estimate of drug-likeness (QED) is 0.735. The molecule has 1 atom stereocenters. The maximum atomic E-state index is 13.1. The lowest BCUT2D eigenvalue weighted by Gasteiger charge is -2.34. The van der Waals surface area contributed by atoms with Crippen LogP contribution in [0, 0.1) is 13.8 Å². The van der Waals surface area contributed by atoms with E-state index in [-0.39, 0.29) is 43.0 Å². The zero-order valence-electron chi connectivity index (χ0n) is 18.2. The molecule has 0 unspecified atom stereocenters. The van der Waals surface area contributed by atoms with E-state index in [9.17, 15) is 18.0 Å². The number of fused-ring (bicyclic) bond motifs is 1. The van der Waals surface area contributed by atoms with Crippen LogP contribution in [0.3, 0.4) is 0 Å². The van der Waals surface area contributed by atoms with Crippen molar-refractivity contribution in [1.82, 2.24) is 9.21 Å². The normalized spacial score (nSPS) is 19.0. The van der Waals surface area contributed by atoms with Crippen LogP contribution in [-0.2, 0) is 14.8 Å². The molecule has 2 aromatic carbocycles. The molecule has 2 aromatic rings. The topological polar surface area (TPSA) is 108 Å². The molecule has 2 heterocycles. The molecule has 0 radical (unpaired) electrons. The number of hydrogen-bond donors (Lipinski definition) is 2. The highest BCUT2D eigenvalue weighted by Crippen LogP contribution is 2.33. The number of ether oxygens (including phenoxy) is 1. The van der Waals surface area contributed by atoms with E-state index in [1.165, 1.54) is 16.4 Å². The van der Waals surface area contributed by atoms with Crippen molar-refractivity contribution < 1.29 is 22.7 Å². The third-order valence-electron chi connectivity index (χ3n) is 5.68. The number of sulfonamides is 1. The van der Waals surface area contributed by atoms with Gasteiger partial charge in [-0.1, -0.05) is 12.1 Å². The Labute approximate surface area is 187 Å². The van der Waals surface area contributed by atoms with Gasteiger partial charge < -0.3 is 20.3 Å². The van der Waals surface area contributed by atoms with Gasteiger partial charge in [0, 0.05) is 31.9 Å². The van der Waals surface area contributed by atoms with Crippen molar-refractivity contribution in [3.8, 4) is 5.75 Å². The molecule has 4 rings (SSSR count). The Kier molecular flexibility index (Phi) is 5.83. The number of urea groups is 1. The number of amides is 3. The van der Waals surface area contributed by atoms with Crippen LogP contribution in [0.2, 0.25) is 0 Å². The van der Waals surface area contributed by atoms with Crippen LogP contribution in [0.4, 0.5) is 16.2 Å². The highest BCUT2D eigenvalue weighted by atomic mass is 32.2. The lowest BCUT2D eigenvalue weighted by molar-refractivity contribution is -0.122. The van der Waals surface area contributed by atoms with Crippen molar-refractivity contribution in [1.29, 1.82) is 0 Å². The van der Waals surface area contributed by atoms with E-state index >= 15 is 0 Å². The molecule has 9 nitrogen and oxygen atoms in total. The maximum Gasteiger partial charge on any atom is 0.321 e. The van der Waals surface area contributed by atoms with E-state index in [1.54, 1.807) is 17.9 Å². The van der Waals surface area contributed by atoms with Gasteiger partial charge in [-0.3, -0.25) is 4.79 Å². The molecule has 32 heavy (non-hydrogen) atoms. The van der Waals surface area contributed by atoms with Gasteiger partial charge in [-0.15, -0.1) is 0 Å². The van der Waals surface area contributed by atoms with E-state index in [4.69, 9.17) is 4.74 Å². The zero-order valence-corrected chi connectivity index (χ0v) is 19.0. The standard InChI is InChI=1S/C22H26N4O5S/c1-14-4-5-15(2)18(12-14)24-22(28)25-8-10-26(11-9-25)32(29,30)17-6-7-20-19(13-17)23-21(27)16(3)31-20/h4-7,12-13,16H,8-11H2,1-3H3,(H,23,27)(H,24,28)/t16-/m1/s1. The Balaban J connectivity index is 1.42. The summed E-state index contributed by atoms with van der Waals surface area (Å²) in [5.41, 5.74) is 3.09. The smallest absolute Gasteiger partial charge is 0.321 e. The second-order valence-electron chi connectivity index (χ2n) is 8.05. The monoisotopic (exact) mass is 458 g/mol. The molecule has 0 saturated carbocycles. The van der Waals surface area contributed by atoms with Crippen molar-refractivity contribution in [3.05, 3.63) is 47.5 Å². The first-order chi connectivity index (χ1) is 15.1. The average Bonchev–Trinajstić information content (AvgIpc) is 2.76. The molecule has 0 aromatic heterocycles. The molecule has 0 aliphatic carbocycles. The third kappa shape index (κ3) is 4.28. The summed E-state index contributed by atoms with van der Waals surface area (Å²) in [5.74, 6) is 0.111. The lowest BCUT2D eigenvalue weighted by atomic mass is 10.1. The molecule has 1 fully saturated rings. The van der Waals surface area contributed by atoms with Gasteiger partial charge in [0.05, 0.1) is 10.6 Å². The second kappa shape index (κ2) is 8.44. The van der Waals surface area contributed by atoms with Crippen LogP contribution in [0.1, 0.15) is 18.1 Å². The summed E-state index contributed by atoms with van der Waals surface area (Å²) in [6, 6.07) is 10.0. The van der Waals surface area contributed by atoms with Crippen molar-refractivity contribution >= 4 is 33.3 Å². The molecule has 2 N–H and O–H groups in total. The van der Waals surface area contributed by atoms with E-state index in [1.807, 2.05) is 32.0 Å². The third-order valence-corrected chi connectivity index (χ3v) is 7.57. The van der Waals surface area contributed by atoms with Gasteiger partial charge in [0.15, 0.2) is 6.10 Å². The molecule has 3 amide bonds. The first-order valence-electron chi connectivity index (χ1n) is 10.4. The number of anilines is 2. The molecular weight excluding hydrogens is 432 g/mol. The summed E-state index contributed by atoms with van der Waals surface area (Å²) in [6.45, 7) is 6.41. The minimum absolute atomic E-state index is 0.0722. The number of hydrogen-bond acceptors (Lipinski definition) is 5. The number of carbonyl (C=O) groups is 2. The first kappa shape index (κ1) is 22.1. The summed E-state index contributed by atoms with van der Waals surface area (Å²) in [7, 11) is -3.78. The minimum Gasteiger partial charge on any atom is -0.479 e. The van der Waals surface area contributed by atoms with Crippen LogP contribution >= 0.6 is 0 Å². The predicted octanol–water partition coefficient (Wildman–Crippen LogP) is 2.56. The van der Waals surface area contributed by atoms with Gasteiger partial charge in [-0.05, 0) is 56.2 Å². The van der Waals surface area contributed by atoms with Gasteiger partial charge in [0.1, 0.15) is 5.75 Å². The van der Waals surface area contributed by atoms with Crippen LogP contribution in [0.5, 0.6) is 5.75 Å². The summed E-state index contributed by atoms with van der Waals surface area (Å²) in [5, 5.41) is 5.58. The SMILES string of the molecule is Cc1ccc(C)c(NC(=O)N2CCN(S(=O)(=O)c3ccc4c(c3)NC(=O)[C@@H](C)O4)CC2)c1. The van der Waals surface area contributed by atoms with Gasteiger partial charge in [-0.2, -0.15) is 4.31 Å². The van der Waals surface area contributed by atoms with Crippen molar-refractivity contribution in [3.63, 3.8) is 0 Å². The predicted molar refractivity (Wildman–Crippen MR) is 120 cm³/mol. The van der Waals surface area contributed by atoms with Gasteiger partial charge in [-0.25, -0.2) is 13.2 Å². The molecule has 0 bridgehead atoms. The zero-order chi connectivity index (χ0) is 23.0. The van der Waals surface area contributed by atoms with Crippen LogP contribution in [-0.4, -0.2) is 61.8 Å². The maximum absolute atomic E-state index is 13.1. The van der Waals surface area contributed by atoms with Crippen molar-refractivity contribution in [2.24, 2.45) is 0 Å². The van der Waals surface area contributed by atoms with Gasteiger partial charge >= 0.3 is 6.03 Å². The minimum atomic E-state index is -3.78. The number of rotatable bonds is 3. The van der Waals surface area contributed by atoms with E-state index in [0.29, 0.717) is 11.4 Å². The molecule has 10 heteroatoms.